The smallest absolute Gasteiger partial charge is 0.337 e. The first-order valence-corrected chi connectivity index (χ1v) is 12.6. The summed E-state index contributed by atoms with van der Waals surface area (Å²) < 4.78 is 35.0. The van der Waals surface area contributed by atoms with Crippen LogP contribution in [0.25, 0.3) is 22.0 Å². The SMILES string of the molecule is CCCOc1c(F)c(-c2ccc(C(=O)OC)cc2)nn1CCOc1ccc2cc(Br)ccc2c1Br. The fourth-order valence-electron chi connectivity index (χ4n) is 3.58. The zero-order valence-corrected chi connectivity index (χ0v) is 22.4. The average Bonchev–Trinajstić information content (AvgIpc) is 3.18. The summed E-state index contributed by atoms with van der Waals surface area (Å²) in [6.07, 6.45) is 0.727. The molecule has 1 heterocycles. The van der Waals surface area contributed by atoms with E-state index in [1.54, 1.807) is 24.3 Å². The molecule has 3 aromatic carbocycles. The summed E-state index contributed by atoms with van der Waals surface area (Å²) in [5.74, 6) is -0.270. The van der Waals surface area contributed by atoms with E-state index in [4.69, 9.17) is 14.2 Å². The number of methoxy groups -OCH3 is 1. The second kappa shape index (κ2) is 11.2. The molecular weight excluding hydrogens is 583 g/mol. The molecule has 0 aliphatic carbocycles. The molecule has 6 nitrogen and oxygen atoms in total. The predicted octanol–water partition coefficient (Wildman–Crippen LogP) is 7.02. The fourth-order valence-corrected chi connectivity index (χ4v) is 4.56. The highest BCUT2D eigenvalue weighted by molar-refractivity contribution is 9.11. The molecule has 35 heavy (non-hydrogen) atoms. The van der Waals surface area contributed by atoms with Crippen LogP contribution in [0.15, 0.2) is 63.5 Å². The van der Waals surface area contributed by atoms with E-state index < -0.39 is 11.8 Å². The van der Waals surface area contributed by atoms with Gasteiger partial charge in [0, 0.05) is 10.0 Å². The number of ether oxygens (including phenoxy) is 3. The van der Waals surface area contributed by atoms with Gasteiger partial charge in [0.25, 0.3) is 0 Å². The van der Waals surface area contributed by atoms with E-state index in [-0.39, 0.29) is 24.7 Å². The monoisotopic (exact) mass is 604 g/mol. The molecule has 0 aliphatic heterocycles. The third-order valence-corrected chi connectivity index (χ3v) is 6.63. The van der Waals surface area contributed by atoms with Crippen LogP contribution in [0.1, 0.15) is 23.7 Å². The topological polar surface area (TPSA) is 62.6 Å². The van der Waals surface area contributed by atoms with Crippen LogP contribution in [0.3, 0.4) is 0 Å². The first kappa shape index (κ1) is 25.2. The van der Waals surface area contributed by atoms with E-state index >= 15 is 4.39 Å². The van der Waals surface area contributed by atoms with Crippen LogP contribution in [0.4, 0.5) is 4.39 Å². The Bertz CT molecular complexity index is 1360. The lowest BCUT2D eigenvalue weighted by Gasteiger charge is -2.12. The minimum absolute atomic E-state index is 0.0601. The lowest BCUT2D eigenvalue weighted by Crippen LogP contribution is -2.12. The van der Waals surface area contributed by atoms with Crippen molar-refractivity contribution in [2.45, 2.75) is 19.9 Å². The Morgan fingerprint density at radius 2 is 1.80 bits per heavy atom. The summed E-state index contributed by atoms with van der Waals surface area (Å²) >= 11 is 7.11. The van der Waals surface area contributed by atoms with Gasteiger partial charge < -0.3 is 14.2 Å². The molecule has 0 aliphatic rings. The minimum Gasteiger partial charge on any atom is -0.490 e. The van der Waals surface area contributed by atoms with Gasteiger partial charge in [-0.15, -0.1) is 0 Å². The summed E-state index contributed by atoms with van der Waals surface area (Å²) in [4.78, 5) is 11.7. The summed E-state index contributed by atoms with van der Waals surface area (Å²) in [6.45, 7) is 2.84. The number of fused-ring (bicyclic) bond motifs is 1. The van der Waals surface area contributed by atoms with Gasteiger partial charge in [0.2, 0.25) is 11.7 Å². The van der Waals surface area contributed by atoms with Gasteiger partial charge in [-0.1, -0.05) is 47.1 Å². The minimum atomic E-state index is -0.554. The number of nitrogens with zero attached hydrogens (tertiary/aromatic N) is 2. The maximum absolute atomic E-state index is 15.3. The van der Waals surface area contributed by atoms with Crippen LogP contribution < -0.4 is 9.47 Å². The number of carbonyl (C=O) groups excluding carboxylic acids is 1. The molecule has 0 spiro atoms. The Balaban J connectivity index is 1.55. The number of aromatic nitrogens is 2. The van der Waals surface area contributed by atoms with Gasteiger partial charge in [-0.25, -0.2) is 9.48 Å². The summed E-state index contributed by atoms with van der Waals surface area (Å²) in [6, 6.07) is 16.3. The quantitative estimate of drug-likeness (QED) is 0.192. The molecule has 0 fully saturated rings. The van der Waals surface area contributed by atoms with Crippen LogP contribution in [0, 0.1) is 5.82 Å². The predicted molar refractivity (Wildman–Crippen MR) is 140 cm³/mol. The van der Waals surface area contributed by atoms with Gasteiger partial charge in [0.1, 0.15) is 18.1 Å². The number of halogens is 3. The zero-order valence-electron chi connectivity index (χ0n) is 19.2. The molecule has 0 amide bonds. The van der Waals surface area contributed by atoms with Crippen molar-refractivity contribution < 1.29 is 23.4 Å². The first-order valence-electron chi connectivity index (χ1n) is 11.0. The summed E-state index contributed by atoms with van der Waals surface area (Å²) in [5, 5.41) is 6.55. The van der Waals surface area contributed by atoms with Gasteiger partial charge in [0.05, 0.1) is 30.3 Å². The normalized spacial score (nSPS) is 11.0. The lowest BCUT2D eigenvalue weighted by atomic mass is 10.1. The van der Waals surface area contributed by atoms with Gasteiger partial charge >= 0.3 is 5.97 Å². The van der Waals surface area contributed by atoms with Crippen LogP contribution in [0.5, 0.6) is 11.6 Å². The van der Waals surface area contributed by atoms with E-state index in [1.807, 2.05) is 37.3 Å². The van der Waals surface area contributed by atoms with E-state index in [1.165, 1.54) is 11.8 Å². The highest BCUT2D eigenvalue weighted by Gasteiger charge is 2.21. The largest absolute Gasteiger partial charge is 0.490 e. The molecule has 0 radical (unpaired) electrons. The highest BCUT2D eigenvalue weighted by Crippen LogP contribution is 2.35. The molecule has 4 aromatic rings. The molecule has 0 atom stereocenters. The van der Waals surface area contributed by atoms with Crippen molar-refractivity contribution in [1.29, 1.82) is 0 Å². The van der Waals surface area contributed by atoms with Crippen LogP contribution in [0.2, 0.25) is 0 Å². The van der Waals surface area contributed by atoms with Crippen LogP contribution >= 0.6 is 31.9 Å². The fraction of sp³-hybridized carbons (Fsp3) is 0.231. The van der Waals surface area contributed by atoms with Crippen molar-refractivity contribution >= 4 is 48.6 Å². The molecule has 4 rings (SSSR count). The molecule has 0 saturated carbocycles. The van der Waals surface area contributed by atoms with Gasteiger partial charge in [-0.05, 0) is 63.5 Å². The second-order valence-electron chi connectivity index (χ2n) is 7.70. The summed E-state index contributed by atoms with van der Waals surface area (Å²) in [5.41, 5.74) is 1.05. The molecule has 1 aromatic heterocycles. The van der Waals surface area contributed by atoms with Crippen molar-refractivity contribution in [1.82, 2.24) is 9.78 Å². The van der Waals surface area contributed by atoms with Crippen molar-refractivity contribution in [2.75, 3.05) is 20.3 Å². The zero-order chi connectivity index (χ0) is 24.9. The Labute approximate surface area is 219 Å². The molecule has 0 N–H and O–H groups in total. The highest BCUT2D eigenvalue weighted by atomic mass is 79.9. The molecule has 182 valence electrons. The Kier molecular flexibility index (Phi) is 8.07. The maximum atomic E-state index is 15.3. The van der Waals surface area contributed by atoms with Crippen LogP contribution in [-0.4, -0.2) is 36.1 Å². The third kappa shape index (κ3) is 5.51. The maximum Gasteiger partial charge on any atom is 0.337 e. The van der Waals surface area contributed by atoms with E-state index in [0.717, 1.165) is 26.1 Å². The van der Waals surface area contributed by atoms with Crippen molar-refractivity contribution in [3.05, 3.63) is 74.9 Å². The number of carbonyl (C=O) groups is 1. The number of hydrogen-bond acceptors (Lipinski definition) is 5. The van der Waals surface area contributed by atoms with E-state index in [9.17, 15) is 4.79 Å². The number of esters is 1. The summed E-state index contributed by atoms with van der Waals surface area (Å²) in [7, 11) is 1.31. The van der Waals surface area contributed by atoms with Gasteiger partial charge in [-0.2, -0.15) is 9.49 Å². The van der Waals surface area contributed by atoms with E-state index in [0.29, 0.717) is 23.5 Å². The third-order valence-electron chi connectivity index (χ3n) is 5.31. The average molecular weight is 606 g/mol. The van der Waals surface area contributed by atoms with Gasteiger partial charge in [0.15, 0.2) is 0 Å². The van der Waals surface area contributed by atoms with Gasteiger partial charge in [-0.3, -0.25) is 0 Å². The Morgan fingerprint density at radius 3 is 2.51 bits per heavy atom. The van der Waals surface area contributed by atoms with Crippen LogP contribution in [-0.2, 0) is 11.3 Å². The van der Waals surface area contributed by atoms with Crippen molar-refractivity contribution in [3.8, 4) is 22.9 Å². The molecule has 0 unspecified atom stereocenters. The molecular formula is C26H23Br2FN2O4. The molecule has 0 bridgehead atoms. The second-order valence-corrected chi connectivity index (χ2v) is 9.41. The Hall–Kier alpha value is -2.91. The molecule has 0 saturated heterocycles. The first-order chi connectivity index (χ1) is 16.9. The Morgan fingerprint density at radius 1 is 1.03 bits per heavy atom. The standard InChI is InChI=1S/C26H23Br2FN2O4/c1-3-13-35-25-23(29)24(16-4-6-17(7-5-16)26(32)33-2)30-31(25)12-14-34-21-11-8-18-15-19(27)9-10-20(18)22(21)28/h4-11,15H,3,12-14H2,1-2H3. The number of rotatable bonds is 9. The molecule has 9 heteroatoms. The number of hydrogen-bond donors (Lipinski definition) is 0. The number of benzene rings is 3. The van der Waals surface area contributed by atoms with Crippen molar-refractivity contribution in [3.63, 3.8) is 0 Å². The lowest BCUT2D eigenvalue weighted by molar-refractivity contribution is 0.0600. The van der Waals surface area contributed by atoms with E-state index in [2.05, 4.69) is 37.0 Å². The van der Waals surface area contributed by atoms with Crippen molar-refractivity contribution in [2.24, 2.45) is 0 Å².